The highest BCUT2D eigenvalue weighted by Gasteiger charge is 2.20. The summed E-state index contributed by atoms with van der Waals surface area (Å²) < 4.78 is 11.3. The third-order valence-electron chi connectivity index (χ3n) is 10.4. The van der Waals surface area contributed by atoms with Gasteiger partial charge in [-0.2, -0.15) is 0 Å². The molecule has 7 aromatic carbocycles. The summed E-state index contributed by atoms with van der Waals surface area (Å²) in [5, 5.41) is 4.88. The Morgan fingerprint density at radius 1 is 0.462 bits per heavy atom. The number of rotatable bonds is 4. The lowest BCUT2D eigenvalue weighted by Crippen LogP contribution is -2.08. The second-order valence-electron chi connectivity index (χ2n) is 13.4. The molecule has 0 fully saturated rings. The number of ether oxygens (including phenoxy) is 1. The van der Waals surface area contributed by atoms with Gasteiger partial charge in [0.05, 0.1) is 27.8 Å². The second kappa shape index (κ2) is 12.2. The molecule has 0 spiro atoms. The molecule has 1 aliphatic heterocycles. The fourth-order valence-electron chi connectivity index (χ4n) is 7.98. The SMILES string of the molecule is C=C1/C=C\C=C(\n2c3ccccc3c3ccc(-c4cc5c6ccccc6n(-c6ccccc6)c5cc4-c4ccccc4)cc32)COc2ccccc21. The summed E-state index contributed by atoms with van der Waals surface area (Å²) in [5.74, 6) is 0.835. The van der Waals surface area contributed by atoms with E-state index in [0.717, 1.165) is 44.9 Å². The van der Waals surface area contributed by atoms with Gasteiger partial charge in [-0.25, -0.2) is 0 Å². The van der Waals surface area contributed by atoms with E-state index in [2.05, 4.69) is 180 Å². The first-order valence-electron chi connectivity index (χ1n) is 17.7. The fraction of sp³-hybridized carbons (Fsp3) is 0.0204. The van der Waals surface area contributed by atoms with Gasteiger partial charge in [-0.3, -0.25) is 0 Å². The minimum absolute atomic E-state index is 0.410. The summed E-state index contributed by atoms with van der Waals surface area (Å²) >= 11 is 0. The summed E-state index contributed by atoms with van der Waals surface area (Å²) in [7, 11) is 0. The van der Waals surface area contributed by atoms with Gasteiger partial charge in [-0.05, 0) is 82.4 Å². The number of benzene rings is 7. The second-order valence-corrected chi connectivity index (χ2v) is 13.4. The predicted molar refractivity (Wildman–Crippen MR) is 219 cm³/mol. The lowest BCUT2D eigenvalue weighted by atomic mass is 9.92. The number of hydrogen-bond acceptors (Lipinski definition) is 1. The van der Waals surface area contributed by atoms with Crippen molar-refractivity contribution in [2.24, 2.45) is 0 Å². The molecule has 52 heavy (non-hydrogen) atoms. The summed E-state index contributed by atoms with van der Waals surface area (Å²) in [5.41, 5.74) is 13.5. The van der Waals surface area contributed by atoms with Gasteiger partial charge >= 0.3 is 0 Å². The highest BCUT2D eigenvalue weighted by atomic mass is 16.5. The monoisotopic (exact) mass is 666 g/mol. The fourth-order valence-corrected chi connectivity index (χ4v) is 7.98. The number of hydrogen-bond donors (Lipinski definition) is 0. The Hall–Kier alpha value is -6.84. The molecule has 0 saturated heterocycles. The van der Waals surface area contributed by atoms with E-state index < -0.39 is 0 Å². The van der Waals surface area contributed by atoms with E-state index in [1.165, 1.54) is 49.3 Å². The smallest absolute Gasteiger partial charge is 0.129 e. The van der Waals surface area contributed by atoms with Gasteiger partial charge in [0, 0.05) is 32.8 Å². The minimum Gasteiger partial charge on any atom is -0.487 e. The van der Waals surface area contributed by atoms with Crippen LogP contribution in [0.1, 0.15) is 5.56 Å². The average molecular weight is 667 g/mol. The molecule has 10 rings (SSSR count). The molecule has 0 bridgehead atoms. The van der Waals surface area contributed by atoms with Gasteiger partial charge in [0.15, 0.2) is 0 Å². The number of para-hydroxylation sites is 4. The van der Waals surface area contributed by atoms with Crippen molar-refractivity contribution in [3.05, 3.63) is 194 Å². The lowest BCUT2D eigenvalue weighted by Gasteiger charge is -2.16. The van der Waals surface area contributed by atoms with Crippen LogP contribution in [0.15, 0.2) is 189 Å². The third kappa shape index (κ3) is 4.82. The van der Waals surface area contributed by atoms with Gasteiger partial charge in [0.25, 0.3) is 0 Å². The molecule has 2 aromatic heterocycles. The largest absolute Gasteiger partial charge is 0.487 e. The molecule has 0 saturated carbocycles. The Morgan fingerprint density at radius 2 is 1.08 bits per heavy atom. The Morgan fingerprint density at radius 3 is 1.88 bits per heavy atom. The van der Waals surface area contributed by atoms with Crippen LogP contribution < -0.4 is 4.74 Å². The van der Waals surface area contributed by atoms with Crippen LogP contribution in [-0.4, -0.2) is 15.7 Å². The van der Waals surface area contributed by atoms with E-state index in [-0.39, 0.29) is 0 Å². The standard InChI is InChI=1S/C49H34N2O/c1-33-15-14-20-37(32-52-49-26-13-10-21-38(33)49)51-45-24-11-8-22-39(45)41-28-27-35(29-47(41)51)42-30-44-40-23-9-12-25-46(40)50(36-18-6-3-7-19-36)48(44)31-43(42)34-16-4-2-5-17-34/h2-31H,1,32H2/b15-14-,37-20+. The maximum absolute atomic E-state index is 6.54. The van der Waals surface area contributed by atoms with Gasteiger partial charge < -0.3 is 13.9 Å². The molecule has 1 aliphatic rings. The van der Waals surface area contributed by atoms with Gasteiger partial charge in [0.1, 0.15) is 12.4 Å². The van der Waals surface area contributed by atoms with Crippen molar-refractivity contribution < 1.29 is 4.74 Å². The first-order valence-corrected chi connectivity index (χ1v) is 17.7. The van der Waals surface area contributed by atoms with Gasteiger partial charge in [-0.1, -0.05) is 134 Å². The lowest BCUT2D eigenvalue weighted by molar-refractivity contribution is 0.364. The molecule has 3 nitrogen and oxygen atoms in total. The first-order chi connectivity index (χ1) is 25.7. The van der Waals surface area contributed by atoms with Crippen LogP contribution in [0.4, 0.5) is 0 Å². The average Bonchev–Trinajstić information content (AvgIpc) is 3.73. The summed E-state index contributed by atoms with van der Waals surface area (Å²) in [6.45, 7) is 4.73. The maximum Gasteiger partial charge on any atom is 0.129 e. The van der Waals surface area contributed by atoms with E-state index in [4.69, 9.17) is 4.74 Å². The minimum atomic E-state index is 0.410. The van der Waals surface area contributed by atoms with Crippen LogP contribution in [0.2, 0.25) is 0 Å². The highest BCUT2D eigenvalue weighted by molar-refractivity contribution is 6.14. The molecule has 0 radical (unpaired) electrons. The maximum atomic E-state index is 6.54. The Labute approximate surface area is 302 Å². The van der Waals surface area contributed by atoms with Crippen molar-refractivity contribution in [2.45, 2.75) is 0 Å². The summed E-state index contributed by atoms with van der Waals surface area (Å²) in [4.78, 5) is 0. The van der Waals surface area contributed by atoms with Crippen LogP contribution in [0, 0.1) is 0 Å². The zero-order valence-corrected chi connectivity index (χ0v) is 28.5. The van der Waals surface area contributed by atoms with E-state index >= 15 is 0 Å². The quantitative estimate of drug-likeness (QED) is 0.183. The Kier molecular flexibility index (Phi) is 7.04. The normalized spacial score (nSPS) is 14.8. The number of allylic oxidation sites excluding steroid dienone is 4. The van der Waals surface area contributed by atoms with E-state index in [9.17, 15) is 0 Å². The zero-order chi connectivity index (χ0) is 34.6. The number of fused-ring (bicyclic) bond motifs is 7. The third-order valence-corrected chi connectivity index (χ3v) is 10.4. The van der Waals surface area contributed by atoms with Crippen molar-refractivity contribution in [3.8, 4) is 33.7 Å². The molecule has 9 aromatic rings. The molecular formula is C49H34N2O. The topological polar surface area (TPSA) is 19.1 Å². The molecule has 0 N–H and O–H groups in total. The molecule has 3 heterocycles. The van der Waals surface area contributed by atoms with Gasteiger partial charge in [-0.15, -0.1) is 0 Å². The molecule has 0 amide bonds. The van der Waals surface area contributed by atoms with Crippen molar-refractivity contribution in [1.82, 2.24) is 9.13 Å². The van der Waals surface area contributed by atoms with Crippen LogP contribution in [0.25, 0.3) is 82.8 Å². The molecule has 0 atom stereocenters. The van der Waals surface area contributed by atoms with Crippen molar-refractivity contribution in [3.63, 3.8) is 0 Å². The van der Waals surface area contributed by atoms with Crippen molar-refractivity contribution in [2.75, 3.05) is 6.61 Å². The zero-order valence-electron chi connectivity index (χ0n) is 28.5. The highest BCUT2D eigenvalue weighted by Crippen LogP contribution is 2.43. The van der Waals surface area contributed by atoms with Crippen molar-refractivity contribution >= 4 is 54.9 Å². The van der Waals surface area contributed by atoms with Crippen LogP contribution in [0.5, 0.6) is 5.75 Å². The summed E-state index contributed by atoms with van der Waals surface area (Å²) in [6.07, 6.45) is 6.33. The van der Waals surface area contributed by atoms with E-state index in [1.807, 2.05) is 18.2 Å². The van der Waals surface area contributed by atoms with E-state index in [1.54, 1.807) is 0 Å². The van der Waals surface area contributed by atoms with Crippen LogP contribution in [0.3, 0.4) is 0 Å². The van der Waals surface area contributed by atoms with Crippen molar-refractivity contribution in [1.29, 1.82) is 0 Å². The van der Waals surface area contributed by atoms with Crippen LogP contribution in [-0.2, 0) is 0 Å². The van der Waals surface area contributed by atoms with Gasteiger partial charge in [0.2, 0.25) is 0 Å². The summed E-state index contributed by atoms with van der Waals surface area (Å²) in [6, 6.07) is 58.7. The molecular weight excluding hydrogens is 633 g/mol. The molecule has 3 heteroatoms. The molecule has 0 aliphatic carbocycles. The Bertz CT molecular complexity index is 2900. The molecule has 0 unspecified atom stereocenters. The number of nitrogens with zero attached hydrogens (tertiary/aromatic N) is 2. The molecule has 246 valence electrons. The van der Waals surface area contributed by atoms with E-state index in [0.29, 0.717) is 6.61 Å². The van der Waals surface area contributed by atoms with Crippen LogP contribution >= 0.6 is 0 Å². The first kappa shape index (κ1) is 30.0. The number of aromatic nitrogens is 2. The predicted octanol–water partition coefficient (Wildman–Crippen LogP) is 12.7. The Balaban J connectivity index is 1.23.